The Labute approximate surface area is 288 Å². The van der Waals surface area contributed by atoms with Gasteiger partial charge in [0.05, 0.1) is 24.8 Å². The van der Waals surface area contributed by atoms with Crippen LogP contribution in [0.2, 0.25) is 0 Å². The molecule has 0 bridgehead atoms. The summed E-state index contributed by atoms with van der Waals surface area (Å²) < 4.78 is 17.9. The maximum Gasteiger partial charge on any atom is 0.306 e. The van der Waals surface area contributed by atoms with Gasteiger partial charge in [0.15, 0.2) is 5.96 Å². The van der Waals surface area contributed by atoms with Gasteiger partial charge in [-0.2, -0.15) is 0 Å². The van der Waals surface area contributed by atoms with Crippen LogP contribution in [0, 0.1) is 11.8 Å². The number of carbonyl (C=O) groups is 2. The van der Waals surface area contributed by atoms with Crippen LogP contribution >= 0.6 is 0 Å². The lowest BCUT2D eigenvalue weighted by atomic mass is 9.84. The minimum absolute atomic E-state index is 0.00138. The van der Waals surface area contributed by atoms with Crippen LogP contribution < -0.4 is 10.5 Å². The number of aliphatic imine (C=N–C) groups is 1. The van der Waals surface area contributed by atoms with Gasteiger partial charge in [-0.15, -0.1) is 0 Å². The molecule has 3 aliphatic rings. The monoisotopic (exact) mass is 668 g/mol. The Morgan fingerprint density at radius 1 is 0.939 bits per heavy atom. The average molecular weight is 669 g/mol. The van der Waals surface area contributed by atoms with Crippen LogP contribution in [0.4, 0.5) is 5.69 Å². The first kappa shape index (κ1) is 34.5. The molecule has 3 aromatic rings. The van der Waals surface area contributed by atoms with Crippen molar-refractivity contribution in [2.75, 3.05) is 26.4 Å². The van der Waals surface area contributed by atoms with Crippen molar-refractivity contribution in [2.45, 2.75) is 76.6 Å². The van der Waals surface area contributed by atoms with Gasteiger partial charge in [0.2, 0.25) is 5.91 Å². The molecule has 10 heteroatoms. The summed E-state index contributed by atoms with van der Waals surface area (Å²) in [5.74, 6) is 1.25. The third kappa shape index (κ3) is 9.19. The van der Waals surface area contributed by atoms with E-state index >= 15 is 0 Å². The topological polar surface area (TPSA) is 127 Å². The molecule has 0 aromatic heterocycles. The molecule has 10 nitrogen and oxygen atoms in total. The van der Waals surface area contributed by atoms with E-state index in [2.05, 4.69) is 4.90 Å². The Kier molecular flexibility index (Phi) is 11.8. The number of rotatable bonds is 14. The number of hydrogen-bond donors (Lipinski definition) is 2. The summed E-state index contributed by atoms with van der Waals surface area (Å²) in [6.07, 6.45) is 5.28. The van der Waals surface area contributed by atoms with Crippen LogP contribution in [0.3, 0.4) is 0 Å². The van der Waals surface area contributed by atoms with Gasteiger partial charge in [0.1, 0.15) is 11.5 Å². The van der Waals surface area contributed by atoms with Crippen LogP contribution in [-0.2, 0) is 32.2 Å². The number of aliphatic carboxylic acids is 1. The molecule has 6 rings (SSSR count). The zero-order valence-corrected chi connectivity index (χ0v) is 28.1. The van der Waals surface area contributed by atoms with Crippen LogP contribution in [0.25, 0.3) is 0 Å². The molecule has 2 aliphatic heterocycles. The molecule has 2 fully saturated rings. The van der Waals surface area contributed by atoms with E-state index < -0.39 is 5.97 Å². The first-order chi connectivity index (χ1) is 23.9. The quantitative estimate of drug-likeness (QED) is 0.186. The molecule has 1 saturated heterocycles. The van der Waals surface area contributed by atoms with Gasteiger partial charge in [0, 0.05) is 50.4 Å². The molecule has 3 N–H and O–H groups in total. The Morgan fingerprint density at radius 2 is 1.65 bits per heavy atom. The minimum Gasteiger partial charge on any atom is -0.481 e. The Hall–Kier alpha value is -4.41. The lowest BCUT2D eigenvalue weighted by molar-refractivity contribution is -0.143. The summed E-state index contributed by atoms with van der Waals surface area (Å²) in [6.45, 7) is 3.31. The highest BCUT2D eigenvalue weighted by molar-refractivity contribution is 5.84. The number of amides is 1. The van der Waals surface area contributed by atoms with E-state index in [1.165, 1.54) is 0 Å². The highest BCUT2D eigenvalue weighted by Crippen LogP contribution is 2.36. The molecule has 3 aromatic carbocycles. The van der Waals surface area contributed by atoms with E-state index in [4.69, 9.17) is 24.9 Å². The predicted octanol–water partition coefficient (Wildman–Crippen LogP) is 6.50. The summed E-state index contributed by atoms with van der Waals surface area (Å²) in [4.78, 5) is 34.7. The molecule has 1 saturated carbocycles. The van der Waals surface area contributed by atoms with Gasteiger partial charge in [-0.25, -0.2) is 4.99 Å². The Bertz CT molecular complexity index is 1550. The first-order valence-electron chi connectivity index (χ1n) is 17.6. The van der Waals surface area contributed by atoms with Crippen molar-refractivity contribution in [3.8, 4) is 11.5 Å². The first-order valence-corrected chi connectivity index (χ1v) is 17.6. The Morgan fingerprint density at radius 3 is 2.37 bits per heavy atom. The summed E-state index contributed by atoms with van der Waals surface area (Å²) >= 11 is 0. The lowest BCUT2D eigenvalue weighted by Crippen LogP contribution is -2.50. The van der Waals surface area contributed by atoms with Crippen molar-refractivity contribution in [3.63, 3.8) is 0 Å². The van der Waals surface area contributed by atoms with Gasteiger partial charge in [0.25, 0.3) is 0 Å². The van der Waals surface area contributed by atoms with E-state index in [0.29, 0.717) is 89.9 Å². The number of hydrogen-bond acceptors (Lipinski definition) is 8. The molecular weight excluding hydrogens is 620 g/mol. The normalized spacial score (nSPS) is 20.2. The summed E-state index contributed by atoms with van der Waals surface area (Å²) in [5.41, 5.74) is 9.61. The van der Waals surface area contributed by atoms with Crippen LogP contribution in [0.1, 0.15) is 62.5 Å². The lowest BCUT2D eigenvalue weighted by Gasteiger charge is -2.42. The summed E-state index contributed by atoms with van der Waals surface area (Å²) in [7, 11) is 0. The van der Waals surface area contributed by atoms with Gasteiger partial charge in [-0.1, -0.05) is 48.5 Å². The number of carbonyl (C=O) groups excluding carboxylic acids is 1. The predicted molar refractivity (Wildman–Crippen MR) is 188 cm³/mol. The molecule has 2 heterocycles. The van der Waals surface area contributed by atoms with Gasteiger partial charge < -0.3 is 34.9 Å². The van der Waals surface area contributed by atoms with Crippen molar-refractivity contribution < 1.29 is 28.9 Å². The molecule has 0 radical (unpaired) electrons. The zero-order chi connectivity index (χ0) is 34.0. The smallest absolute Gasteiger partial charge is 0.306 e. The maximum absolute atomic E-state index is 14.1. The van der Waals surface area contributed by atoms with Gasteiger partial charge in [-0.3, -0.25) is 9.59 Å². The molecule has 1 amide bonds. The van der Waals surface area contributed by atoms with Crippen LogP contribution in [-0.4, -0.2) is 71.2 Å². The highest BCUT2D eigenvalue weighted by Gasteiger charge is 2.35. The fourth-order valence-corrected chi connectivity index (χ4v) is 7.46. The van der Waals surface area contributed by atoms with Crippen molar-refractivity contribution >= 4 is 23.5 Å². The zero-order valence-electron chi connectivity index (χ0n) is 28.1. The standard InChI is InChI=1S/C39H48N4O6/c40-39-41-35-16-15-34(49-33-9-5-2-6-10-33)25-31(35)26-43(39)36(29-19-22-47-23-20-29)17-18-37(44)42(32-13-11-30(12-14-32)38(45)46)21-24-48-27-28-7-3-1-4-8-28/h1-10,15-16,25,29-30,32,36H,11-14,17-24,26-27H2,(H2,40,41)(H,45,46)/t30-,32+,36?. The Balaban J connectivity index is 1.15. The summed E-state index contributed by atoms with van der Waals surface area (Å²) in [5, 5.41) is 9.57. The molecule has 49 heavy (non-hydrogen) atoms. The fraction of sp³-hybridized carbons (Fsp3) is 0.462. The molecule has 0 spiro atoms. The molecular formula is C39H48N4O6. The number of nitrogens with zero attached hydrogens (tertiary/aromatic N) is 3. The number of guanidine groups is 1. The fourth-order valence-electron chi connectivity index (χ4n) is 7.46. The third-order valence-electron chi connectivity index (χ3n) is 10.2. The van der Waals surface area contributed by atoms with E-state index in [0.717, 1.165) is 41.2 Å². The number of benzene rings is 3. The molecule has 1 unspecified atom stereocenters. The summed E-state index contributed by atoms with van der Waals surface area (Å²) in [6, 6.07) is 25.6. The van der Waals surface area contributed by atoms with Gasteiger partial charge >= 0.3 is 5.97 Å². The van der Waals surface area contributed by atoms with Crippen LogP contribution in [0.5, 0.6) is 11.5 Å². The van der Waals surface area contributed by atoms with Crippen molar-refractivity contribution in [1.29, 1.82) is 0 Å². The number of carboxylic acid groups (broad SMARTS) is 1. The van der Waals surface area contributed by atoms with E-state index in [-0.39, 0.29) is 23.9 Å². The highest BCUT2D eigenvalue weighted by atomic mass is 16.5. The largest absolute Gasteiger partial charge is 0.481 e. The minimum atomic E-state index is -0.747. The molecule has 1 atom stereocenters. The van der Waals surface area contributed by atoms with Crippen molar-refractivity contribution in [2.24, 2.45) is 22.6 Å². The average Bonchev–Trinajstić information content (AvgIpc) is 3.13. The van der Waals surface area contributed by atoms with Crippen molar-refractivity contribution in [1.82, 2.24) is 9.80 Å². The van der Waals surface area contributed by atoms with Gasteiger partial charge in [-0.05, 0) is 86.8 Å². The second-order valence-corrected chi connectivity index (χ2v) is 13.3. The number of fused-ring (bicyclic) bond motifs is 1. The van der Waals surface area contributed by atoms with E-state index in [1.807, 2.05) is 83.8 Å². The molecule has 1 aliphatic carbocycles. The second-order valence-electron chi connectivity index (χ2n) is 13.3. The second kappa shape index (κ2) is 16.8. The number of carboxylic acids is 1. The number of ether oxygens (including phenoxy) is 3. The van der Waals surface area contributed by atoms with E-state index in [9.17, 15) is 14.7 Å². The van der Waals surface area contributed by atoms with Crippen LogP contribution in [0.15, 0.2) is 83.9 Å². The number of para-hydroxylation sites is 1. The number of nitrogens with two attached hydrogens (primary N) is 1. The van der Waals surface area contributed by atoms with E-state index in [1.54, 1.807) is 0 Å². The molecule has 260 valence electrons. The maximum atomic E-state index is 14.1. The SMILES string of the molecule is NC1=Nc2ccc(Oc3ccccc3)cc2CN1C(CCC(=O)N(CCOCc1ccccc1)[C@H]1CC[C@@H](C(=O)O)CC1)C1CCOCC1. The van der Waals surface area contributed by atoms with Crippen molar-refractivity contribution in [3.05, 3.63) is 90.0 Å². The third-order valence-corrected chi connectivity index (χ3v) is 10.2.